The van der Waals surface area contributed by atoms with Crippen LogP contribution in [0.5, 0.6) is 0 Å². The Balaban J connectivity index is 2.01. The van der Waals surface area contributed by atoms with Crippen LogP contribution in [0.15, 0.2) is 58.7 Å². The number of oxime groups is 1. The maximum atomic E-state index is 8.77. The quantitative estimate of drug-likeness (QED) is 0.326. The zero-order valence-corrected chi connectivity index (χ0v) is 14.3. The molecule has 3 rings (SSSR count). The Kier molecular flexibility index (Phi) is 4.64. The molecule has 0 spiro atoms. The van der Waals surface area contributed by atoms with E-state index in [1.54, 1.807) is 22.9 Å². The Morgan fingerprint density at radius 3 is 2.71 bits per heavy atom. The van der Waals surface area contributed by atoms with E-state index in [9.17, 15) is 0 Å². The average molecular weight is 360 g/mol. The number of aryl methyl sites for hydroxylation is 1. The Labute approximate surface area is 147 Å². The molecule has 0 radical (unpaired) electrons. The SMILES string of the molecule is Cn1nc(-c2ccc(Cl)cc2)sc1=Nc1cccc(C(N)=NO)c1. The second-order valence-corrected chi connectivity index (χ2v) is 6.36. The van der Waals surface area contributed by atoms with E-state index in [0.717, 1.165) is 15.4 Å². The number of halogens is 1. The van der Waals surface area contributed by atoms with E-state index in [0.29, 0.717) is 16.3 Å². The van der Waals surface area contributed by atoms with Crippen molar-refractivity contribution in [2.75, 3.05) is 0 Å². The first-order valence-corrected chi connectivity index (χ1v) is 8.19. The molecular weight excluding hydrogens is 346 g/mol. The van der Waals surface area contributed by atoms with Crippen LogP contribution in [0.4, 0.5) is 5.69 Å². The zero-order chi connectivity index (χ0) is 17.1. The van der Waals surface area contributed by atoms with Crippen LogP contribution in [0.3, 0.4) is 0 Å². The van der Waals surface area contributed by atoms with E-state index in [1.807, 2.05) is 37.4 Å². The van der Waals surface area contributed by atoms with Crippen LogP contribution < -0.4 is 10.5 Å². The lowest BCUT2D eigenvalue weighted by Gasteiger charge is -1.99. The summed E-state index contributed by atoms with van der Waals surface area (Å²) in [6.45, 7) is 0. The minimum Gasteiger partial charge on any atom is -0.409 e. The molecule has 0 saturated heterocycles. The molecule has 2 aromatic carbocycles. The highest BCUT2D eigenvalue weighted by Crippen LogP contribution is 2.22. The zero-order valence-electron chi connectivity index (χ0n) is 12.7. The third-order valence-electron chi connectivity index (χ3n) is 3.27. The third-order valence-corrected chi connectivity index (χ3v) is 4.57. The standard InChI is InChI=1S/C16H14ClN5OS/c1-22-16(19-13-4-2-3-11(9-13)14(18)21-23)24-15(20-22)10-5-7-12(17)8-6-10/h2-9,23H,1H3,(H2,18,21). The minimum absolute atomic E-state index is 0.0441. The number of nitrogens with zero attached hydrogens (tertiary/aromatic N) is 4. The summed E-state index contributed by atoms with van der Waals surface area (Å²) in [4.78, 5) is 5.32. The number of aromatic nitrogens is 2. The normalized spacial score (nSPS) is 12.6. The third kappa shape index (κ3) is 3.47. The molecule has 8 heteroatoms. The van der Waals surface area contributed by atoms with E-state index in [4.69, 9.17) is 22.5 Å². The Morgan fingerprint density at radius 1 is 1.25 bits per heavy atom. The smallest absolute Gasteiger partial charge is 0.208 e. The highest BCUT2D eigenvalue weighted by molar-refractivity contribution is 7.12. The maximum Gasteiger partial charge on any atom is 0.208 e. The molecule has 0 bridgehead atoms. The van der Waals surface area contributed by atoms with Crippen LogP contribution in [-0.2, 0) is 7.05 Å². The van der Waals surface area contributed by atoms with E-state index >= 15 is 0 Å². The molecule has 24 heavy (non-hydrogen) atoms. The second kappa shape index (κ2) is 6.86. The predicted molar refractivity (Wildman–Crippen MR) is 95.7 cm³/mol. The number of rotatable bonds is 3. The summed E-state index contributed by atoms with van der Waals surface area (Å²) in [6, 6.07) is 14.6. The van der Waals surface area contributed by atoms with Gasteiger partial charge >= 0.3 is 0 Å². The van der Waals surface area contributed by atoms with Gasteiger partial charge in [-0.15, -0.1) is 0 Å². The summed E-state index contributed by atoms with van der Waals surface area (Å²) >= 11 is 7.38. The molecule has 0 saturated carbocycles. The summed E-state index contributed by atoms with van der Waals surface area (Å²) in [7, 11) is 1.84. The van der Waals surface area contributed by atoms with Gasteiger partial charge in [0.05, 0.1) is 5.69 Å². The van der Waals surface area contributed by atoms with Gasteiger partial charge in [-0.05, 0) is 24.3 Å². The molecule has 3 aromatic rings. The van der Waals surface area contributed by atoms with Crippen LogP contribution in [0.1, 0.15) is 5.56 Å². The first-order valence-electron chi connectivity index (χ1n) is 6.99. The lowest BCUT2D eigenvalue weighted by atomic mass is 10.2. The van der Waals surface area contributed by atoms with Crippen LogP contribution in [0.25, 0.3) is 10.6 Å². The topological polar surface area (TPSA) is 88.8 Å². The van der Waals surface area contributed by atoms with Gasteiger partial charge in [0.1, 0.15) is 5.01 Å². The van der Waals surface area contributed by atoms with Gasteiger partial charge in [0, 0.05) is 23.2 Å². The summed E-state index contributed by atoms with van der Waals surface area (Å²) in [6.07, 6.45) is 0. The van der Waals surface area contributed by atoms with Crippen LogP contribution >= 0.6 is 22.9 Å². The van der Waals surface area contributed by atoms with E-state index in [2.05, 4.69) is 15.2 Å². The number of benzene rings is 2. The van der Waals surface area contributed by atoms with Crippen molar-refractivity contribution < 1.29 is 5.21 Å². The molecule has 0 amide bonds. The van der Waals surface area contributed by atoms with Gasteiger partial charge in [0.25, 0.3) is 0 Å². The number of hydrogen-bond acceptors (Lipinski definition) is 5. The molecule has 0 atom stereocenters. The molecule has 0 aliphatic carbocycles. The Morgan fingerprint density at radius 2 is 2.00 bits per heavy atom. The molecule has 0 unspecified atom stereocenters. The number of amidine groups is 1. The van der Waals surface area contributed by atoms with Crippen LogP contribution in [-0.4, -0.2) is 20.8 Å². The minimum atomic E-state index is 0.0441. The summed E-state index contributed by atoms with van der Waals surface area (Å²) in [5.74, 6) is 0.0441. The van der Waals surface area contributed by atoms with Gasteiger partial charge in [-0.25, -0.2) is 9.67 Å². The van der Waals surface area contributed by atoms with Gasteiger partial charge in [-0.3, -0.25) is 0 Å². The largest absolute Gasteiger partial charge is 0.409 e. The molecule has 122 valence electrons. The number of nitrogens with two attached hydrogens (primary N) is 1. The van der Waals surface area contributed by atoms with E-state index in [1.165, 1.54) is 11.3 Å². The van der Waals surface area contributed by atoms with Crippen molar-refractivity contribution >= 4 is 34.5 Å². The fourth-order valence-corrected chi connectivity index (χ4v) is 3.10. The first-order chi connectivity index (χ1) is 11.6. The molecule has 0 aliphatic heterocycles. The van der Waals surface area contributed by atoms with E-state index < -0.39 is 0 Å². The van der Waals surface area contributed by atoms with Gasteiger partial charge in [-0.1, -0.05) is 52.4 Å². The van der Waals surface area contributed by atoms with Gasteiger partial charge in [0.15, 0.2) is 5.84 Å². The predicted octanol–water partition coefficient (Wildman–Crippen LogP) is 3.13. The van der Waals surface area contributed by atoms with Crippen LogP contribution in [0.2, 0.25) is 5.02 Å². The fraction of sp³-hybridized carbons (Fsp3) is 0.0625. The van der Waals surface area contributed by atoms with Crippen molar-refractivity contribution in [1.29, 1.82) is 0 Å². The van der Waals surface area contributed by atoms with Crippen molar-refractivity contribution in [3.05, 3.63) is 63.9 Å². The molecule has 6 nitrogen and oxygen atoms in total. The molecule has 3 N–H and O–H groups in total. The van der Waals surface area contributed by atoms with Gasteiger partial charge < -0.3 is 10.9 Å². The number of hydrogen-bond donors (Lipinski definition) is 2. The van der Waals surface area contributed by atoms with Crippen molar-refractivity contribution in [1.82, 2.24) is 9.78 Å². The lowest BCUT2D eigenvalue weighted by molar-refractivity contribution is 0.318. The lowest BCUT2D eigenvalue weighted by Crippen LogP contribution is -2.13. The van der Waals surface area contributed by atoms with Crippen molar-refractivity contribution in [3.8, 4) is 10.6 Å². The highest BCUT2D eigenvalue weighted by Gasteiger charge is 2.06. The van der Waals surface area contributed by atoms with Crippen molar-refractivity contribution in [2.24, 2.45) is 22.9 Å². The monoisotopic (exact) mass is 359 g/mol. The molecule has 0 fully saturated rings. The maximum absolute atomic E-state index is 8.77. The molecule has 1 heterocycles. The summed E-state index contributed by atoms with van der Waals surface area (Å²) in [5, 5.41) is 17.8. The Bertz CT molecular complexity index is 959. The molecular formula is C16H14ClN5OS. The van der Waals surface area contributed by atoms with Crippen molar-refractivity contribution in [2.45, 2.75) is 0 Å². The van der Waals surface area contributed by atoms with Gasteiger partial charge in [-0.2, -0.15) is 5.10 Å². The van der Waals surface area contributed by atoms with Crippen molar-refractivity contribution in [3.63, 3.8) is 0 Å². The van der Waals surface area contributed by atoms with Crippen LogP contribution in [0, 0.1) is 0 Å². The fourth-order valence-electron chi connectivity index (χ4n) is 2.06. The highest BCUT2D eigenvalue weighted by atomic mass is 35.5. The van der Waals surface area contributed by atoms with E-state index in [-0.39, 0.29) is 5.84 Å². The van der Waals surface area contributed by atoms with Gasteiger partial charge in [0.2, 0.25) is 4.80 Å². The Hall–Kier alpha value is -2.64. The average Bonchev–Trinajstić information content (AvgIpc) is 2.95. The first kappa shape index (κ1) is 16.2. The second-order valence-electron chi connectivity index (χ2n) is 4.97. The molecule has 1 aromatic heterocycles. The summed E-state index contributed by atoms with van der Waals surface area (Å²) in [5.41, 5.74) is 7.89. The summed E-state index contributed by atoms with van der Waals surface area (Å²) < 4.78 is 1.71. The molecule has 0 aliphatic rings.